The van der Waals surface area contributed by atoms with Crippen LogP contribution < -0.4 is 0 Å². The summed E-state index contributed by atoms with van der Waals surface area (Å²) in [5, 5.41) is 18.5. The molecule has 2 rings (SSSR count). The topological polar surface area (TPSA) is 117 Å². The molecule has 0 saturated carbocycles. The van der Waals surface area contributed by atoms with Crippen molar-refractivity contribution in [3.05, 3.63) is 52.6 Å². The summed E-state index contributed by atoms with van der Waals surface area (Å²) in [6, 6.07) is 9.83. The Balaban J connectivity index is 2.80. The normalized spacial score (nSPS) is 15.7. The van der Waals surface area contributed by atoms with Gasteiger partial charge in [0.1, 0.15) is 17.7 Å². The Labute approximate surface area is 143 Å². The average Bonchev–Trinajstić information content (AvgIpc) is 2.93. The predicted octanol–water partition coefficient (Wildman–Crippen LogP) is 1.57. The maximum Gasteiger partial charge on any atom is 0.335 e. The number of methoxy groups -OCH3 is 2. The SMILES string of the molecule is COC(=O)/C=C(\C(=O)OC)C1C(=O)c2ccccc2C1=C(C#N)C#N. The second-order valence-electron chi connectivity index (χ2n) is 4.97. The minimum absolute atomic E-state index is 0.0751. The third-order valence-electron chi connectivity index (χ3n) is 3.73. The van der Waals surface area contributed by atoms with E-state index in [0.717, 1.165) is 20.3 Å². The molecule has 0 saturated heterocycles. The van der Waals surface area contributed by atoms with Crippen molar-refractivity contribution in [3.8, 4) is 12.1 Å². The first-order valence-corrected chi connectivity index (χ1v) is 7.06. The van der Waals surface area contributed by atoms with Crippen LogP contribution in [0, 0.1) is 28.6 Å². The standard InChI is InChI=1S/C18H12N2O5/c1-24-14(21)7-13(18(23)25-2)16-15(10(8-19)9-20)11-5-3-4-6-12(11)17(16)22/h3-7,16H,1-2H3/b13-7-. The fourth-order valence-electron chi connectivity index (χ4n) is 2.66. The number of fused-ring (bicyclic) bond motifs is 1. The summed E-state index contributed by atoms with van der Waals surface area (Å²) in [7, 11) is 2.21. The van der Waals surface area contributed by atoms with Crippen LogP contribution in [0.4, 0.5) is 0 Å². The van der Waals surface area contributed by atoms with E-state index in [-0.39, 0.29) is 22.3 Å². The Bertz CT molecular complexity index is 896. The monoisotopic (exact) mass is 336 g/mol. The highest BCUT2D eigenvalue weighted by molar-refractivity contribution is 6.20. The van der Waals surface area contributed by atoms with Gasteiger partial charge in [-0.25, -0.2) is 9.59 Å². The lowest BCUT2D eigenvalue weighted by atomic mass is 9.87. The molecule has 0 N–H and O–H groups in total. The zero-order valence-corrected chi connectivity index (χ0v) is 13.4. The van der Waals surface area contributed by atoms with Crippen LogP contribution in [0.1, 0.15) is 15.9 Å². The van der Waals surface area contributed by atoms with E-state index in [9.17, 15) is 24.9 Å². The molecular formula is C18H12N2O5. The quantitative estimate of drug-likeness (QED) is 0.467. The number of ether oxygens (including phenoxy) is 2. The number of carbonyl (C=O) groups excluding carboxylic acids is 3. The van der Waals surface area contributed by atoms with Gasteiger partial charge in [-0.3, -0.25) is 4.79 Å². The lowest BCUT2D eigenvalue weighted by molar-refractivity contribution is -0.138. The fraction of sp³-hybridized carbons (Fsp3) is 0.167. The minimum Gasteiger partial charge on any atom is -0.466 e. The van der Waals surface area contributed by atoms with Gasteiger partial charge in [-0.1, -0.05) is 24.3 Å². The molecular weight excluding hydrogens is 324 g/mol. The van der Waals surface area contributed by atoms with Gasteiger partial charge >= 0.3 is 11.9 Å². The number of hydrogen-bond donors (Lipinski definition) is 0. The highest BCUT2D eigenvalue weighted by Crippen LogP contribution is 2.43. The zero-order chi connectivity index (χ0) is 18.6. The van der Waals surface area contributed by atoms with E-state index in [2.05, 4.69) is 9.47 Å². The molecule has 0 aromatic heterocycles. The van der Waals surface area contributed by atoms with E-state index in [1.165, 1.54) is 6.07 Å². The van der Waals surface area contributed by atoms with Gasteiger partial charge in [0.15, 0.2) is 5.78 Å². The van der Waals surface area contributed by atoms with Crippen LogP contribution in [0.5, 0.6) is 0 Å². The second kappa shape index (κ2) is 7.24. The van der Waals surface area contributed by atoms with Crippen molar-refractivity contribution in [2.45, 2.75) is 0 Å². The van der Waals surface area contributed by atoms with Crippen LogP contribution in [-0.4, -0.2) is 31.9 Å². The summed E-state index contributed by atoms with van der Waals surface area (Å²) in [5.74, 6) is -3.59. The van der Waals surface area contributed by atoms with Crippen LogP contribution in [0.3, 0.4) is 0 Å². The van der Waals surface area contributed by atoms with Crippen molar-refractivity contribution in [2.75, 3.05) is 14.2 Å². The third-order valence-corrected chi connectivity index (χ3v) is 3.73. The number of ketones is 1. The first kappa shape index (κ1) is 17.6. The van der Waals surface area contributed by atoms with Crippen molar-refractivity contribution in [2.24, 2.45) is 5.92 Å². The molecule has 7 heteroatoms. The van der Waals surface area contributed by atoms with Crippen LogP contribution in [0.2, 0.25) is 0 Å². The molecule has 0 heterocycles. The Hall–Kier alpha value is -3.71. The maximum absolute atomic E-state index is 12.8. The molecule has 0 spiro atoms. The number of rotatable bonds is 3. The van der Waals surface area contributed by atoms with E-state index in [1.54, 1.807) is 30.3 Å². The maximum atomic E-state index is 12.8. The van der Waals surface area contributed by atoms with Crippen LogP contribution in [0.25, 0.3) is 5.57 Å². The highest BCUT2D eigenvalue weighted by atomic mass is 16.5. The summed E-state index contributed by atoms with van der Waals surface area (Å²) in [4.78, 5) is 36.6. The van der Waals surface area contributed by atoms with E-state index in [0.29, 0.717) is 5.56 Å². The number of nitrogens with zero attached hydrogens (tertiary/aromatic N) is 2. The van der Waals surface area contributed by atoms with Gasteiger partial charge in [0.2, 0.25) is 0 Å². The van der Waals surface area contributed by atoms with Gasteiger partial charge in [0.05, 0.1) is 25.7 Å². The van der Waals surface area contributed by atoms with E-state index >= 15 is 0 Å². The number of hydrogen-bond acceptors (Lipinski definition) is 7. The van der Waals surface area contributed by atoms with Crippen molar-refractivity contribution in [1.29, 1.82) is 10.5 Å². The first-order chi connectivity index (χ1) is 12.0. The molecule has 1 atom stereocenters. The smallest absolute Gasteiger partial charge is 0.335 e. The van der Waals surface area contributed by atoms with Gasteiger partial charge in [-0.15, -0.1) is 0 Å². The number of benzene rings is 1. The average molecular weight is 336 g/mol. The number of Topliss-reactive ketones (excluding diaryl/α,β-unsaturated/α-hetero) is 1. The molecule has 25 heavy (non-hydrogen) atoms. The van der Waals surface area contributed by atoms with E-state index in [1.807, 2.05) is 0 Å². The number of allylic oxidation sites excluding steroid dienone is 2. The zero-order valence-electron chi connectivity index (χ0n) is 13.4. The van der Waals surface area contributed by atoms with E-state index < -0.39 is 23.6 Å². The van der Waals surface area contributed by atoms with Crippen LogP contribution in [-0.2, 0) is 19.1 Å². The molecule has 1 aliphatic carbocycles. The molecule has 0 fully saturated rings. The summed E-state index contributed by atoms with van der Waals surface area (Å²) in [6.07, 6.45) is 0.840. The number of esters is 2. The predicted molar refractivity (Wildman–Crippen MR) is 84.5 cm³/mol. The van der Waals surface area contributed by atoms with Crippen molar-refractivity contribution < 1.29 is 23.9 Å². The molecule has 1 aromatic carbocycles. The molecule has 124 valence electrons. The first-order valence-electron chi connectivity index (χ1n) is 7.06. The van der Waals surface area contributed by atoms with E-state index in [4.69, 9.17) is 0 Å². The summed E-state index contributed by atoms with van der Waals surface area (Å²) >= 11 is 0. The molecule has 0 bridgehead atoms. The lowest BCUT2D eigenvalue weighted by Crippen LogP contribution is -2.21. The molecule has 1 aliphatic rings. The van der Waals surface area contributed by atoms with Gasteiger partial charge in [-0.05, 0) is 5.56 Å². The van der Waals surface area contributed by atoms with Crippen LogP contribution in [0.15, 0.2) is 41.5 Å². The number of carbonyl (C=O) groups is 3. The van der Waals surface area contributed by atoms with Crippen LogP contribution >= 0.6 is 0 Å². The molecule has 1 unspecified atom stereocenters. The molecule has 1 aromatic rings. The largest absolute Gasteiger partial charge is 0.466 e. The summed E-state index contributed by atoms with van der Waals surface area (Å²) < 4.78 is 9.17. The fourth-order valence-corrected chi connectivity index (χ4v) is 2.66. The lowest BCUT2D eigenvalue weighted by Gasteiger charge is -2.14. The Morgan fingerprint density at radius 1 is 1.08 bits per heavy atom. The van der Waals surface area contributed by atoms with Gasteiger partial charge in [-0.2, -0.15) is 10.5 Å². The summed E-state index contributed by atoms with van der Waals surface area (Å²) in [5.41, 5.74) is 0.0862. The Morgan fingerprint density at radius 3 is 2.20 bits per heavy atom. The molecule has 7 nitrogen and oxygen atoms in total. The second-order valence-corrected chi connectivity index (χ2v) is 4.97. The number of nitriles is 2. The van der Waals surface area contributed by atoms with Gasteiger partial charge < -0.3 is 9.47 Å². The van der Waals surface area contributed by atoms with Crippen molar-refractivity contribution in [3.63, 3.8) is 0 Å². The van der Waals surface area contributed by atoms with Gasteiger partial charge in [0.25, 0.3) is 0 Å². The highest BCUT2D eigenvalue weighted by Gasteiger charge is 2.42. The summed E-state index contributed by atoms with van der Waals surface area (Å²) in [6.45, 7) is 0. The van der Waals surface area contributed by atoms with Crippen molar-refractivity contribution in [1.82, 2.24) is 0 Å². The molecule has 0 radical (unpaired) electrons. The third kappa shape index (κ3) is 3.04. The Morgan fingerprint density at radius 2 is 1.68 bits per heavy atom. The minimum atomic E-state index is -1.29. The molecule has 0 amide bonds. The van der Waals surface area contributed by atoms with Crippen molar-refractivity contribution >= 4 is 23.3 Å². The Kier molecular flexibility index (Phi) is 5.11. The molecule has 0 aliphatic heterocycles. The van der Waals surface area contributed by atoms with Gasteiger partial charge in [0, 0.05) is 17.2 Å².